The summed E-state index contributed by atoms with van der Waals surface area (Å²) in [5, 5.41) is 3.01. The molecule has 0 aromatic carbocycles. The molecule has 0 radical (unpaired) electrons. The van der Waals surface area contributed by atoms with Crippen LogP contribution in [0.2, 0.25) is 0 Å². The number of hydrogen-bond donors (Lipinski definition) is 1. The van der Waals surface area contributed by atoms with E-state index in [1.54, 1.807) is 0 Å². The van der Waals surface area contributed by atoms with Gasteiger partial charge in [0.05, 0.1) is 11.4 Å². The van der Waals surface area contributed by atoms with E-state index in [2.05, 4.69) is 5.32 Å². The summed E-state index contributed by atoms with van der Waals surface area (Å²) in [7, 11) is 3.73. The largest absolute Gasteiger partial charge is 0.387 e. The number of anilines is 1. The van der Waals surface area contributed by atoms with Gasteiger partial charge in [-0.15, -0.1) is 0 Å². The van der Waals surface area contributed by atoms with Gasteiger partial charge in [-0.2, -0.15) is 0 Å². The zero-order valence-electron chi connectivity index (χ0n) is 8.59. The minimum Gasteiger partial charge on any atom is -0.387 e. The number of ketones is 1. The monoisotopic (exact) mass is 180 g/mol. The number of nitrogens with one attached hydrogen (secondary N) is 1. The van der Waals surface area contributed by atoms with Crippen molar-refractivity contribution in [2.24, 2.45) is 13.0 Å². The number of Topliss-reactive ketones (excluding diaryl/α,β-unsaturated/α-hetero) is 1. The maximum Gasteiger partial charge on any atom is 0.181 e. The molecule has 0 atom stereocenters. The highest BCUT2D eigenvalue weighted by Crippen LogP contribution is 2.15. The summed E-state index contributed by atoms with van der Waals surface area (Å²) in [4.78, 5) is 11.6. The fourth-order valence-corrected chi connectivity index (χ4v) is 1.24. The lowest BCUT2D eigenvalue weighted by atomic mass is 10.1. The van der Waals surface area contributed by atoms with Crippen LogP contribution in [0.5, 0.6) is 0 Å². The lowest BCUT2D eigenvalue weighted by molar-refractivity contribution is 0.0931. The van der Waals surface area contributed by atoms with Gasteiger partial charge in [0.25, 0.3) is 0 Å². The Hall–Kier alpha value is -1.25. The summed E-state index contributed by atoms with van der Waals surface area (Å²) in [6.45, 7) is 3.82. The predicted molar refractivity (Wildman–Crippen MR) is 54.1 cm³/mol. The summed E-state index contributed by atoms with van der Waals surface area (Å²) in [5.41, 5.74) is 1.74. The second-order valence-electron chi connectivity index (χ2n) is 3.49. The second-order valence-corrected chi connectivity index (χ2v) is 3.49. The Labute approximate surface area is 78.8 Å². The second kappa shape index (κ2) is 3.64. The minimum absolute atomic E-state index is 0.0540. The highest BCUT2D eigenvalue weighted by molar-refractivity contribution is 5.97. The molecular formula is C10H16N2O. The molecule has 1 rings (SSSR count). The van der Waals surface area contributed by atoms with E-state index in [0.717, 1.165) is 11.4 Å². The minimum atomic E-state index is 0.0540. The third-order valence-electron chi connectivity index (χ3n) is 2.07. The van der Waals surface area contributed by atoms with Crippen LogP contribution in [0.15, 0.2) is 12.3 Å². The van der Waals surface area contributed by atoms with Gasteiger partial charge in [0, 0.05) is 26.2 Å². The van der Waals surface area contributed by atoms with Crippen LogP contribution in [0.4, 0.5) is 5.69 Å². The van der Waals surface area contributed by atoms with Crippen molar-refractivity contribution in [2.75, 3.05) is 12.4 Å². The van der Waals surface area contributed by atoms with E-state index >= 15 is 0 Å². The van der Waals surface area contributed by atoms with Crippen LogP contribution in [-0.4, -0.2) is 17.4 Å². The van der Waals surface area contributed by atoms with Crippen molar-refractivity contribution < 1.29 is 4.79 Å². The average Bonchev–Trinajstić information content (AvgIpc) is 2.45. The molecule has 0 saturated carbocycles. The fourth-order valence-electron chi connectivity index (χ4n) is 1.24. The van der Waals surface area contributed by atoms with E-state index in [4.69, 9.17) is 0 Å². The zero-order valence-corrected chi connectivity index (χ0v) is 8.59. The third-order valence-corrected chi connectivity index (χ3v) is 2.07. The molecule has 13 heavy (non-hydrogen) atoms. The molecule has 0 aliphatic heterocycles. The maximum absolute atomic E-state index is 11.6. The van der Waals surface area contributed by atoms with Gasteiger partial charge in [0.2, 0.25) is 0 Å². The van der Waals surface area contributed by atoms with Crippen molar-refractivity contribution in [3.8, 4) is 0 Å². The van der Waals surface area contributed by atoms with Crippen LogP contribution in [0.3, 0.4) is 0 Å². The number of carbonyl (C=O) groups excluding carboxylic acids is 1. The number of hydrogen-bond acceptors (Lipinski definition) is 2. The Morgan fingerprint density at radius 3 is 2.54 bits per heavy atom. The average molecular weight is 180 g/mol. The molecule has 0 saturated heterocycles. The molecule has 0 unspecified atom stereocenters. The molecule has 0 fully saturated rings. The molecule has 1 heterocycles. The van der Waals surface area contributed by atoms with Crippen molar-refractivity contribution in [3.05, 3.63) is 18.0 Å². The Morgan fingerprint density at radius 1 is 1.54 bits per heavy atom. The summed E-state index contributed by atoms with van der Waals surface area (Å²) < 4.78 is 1.86. The summed E-state index contributed by atoms with van der Waals surface area (Å²) in [6.07, 6.45) is 1.91. The summed E-state index contributed by atoms with van der Waals surface area (Å²) >= 11 is 0. The molecule has 0 aliphatic carbocycles. The van der Waals surface area contributed by atoms with Crippen molar-refractivity contribution in [3.63, 3.8) is 0 Å². The normalized spacial score (nSPS) is 10.5. The van der Waals surface area contributed by atoms with Crippen LogP contribution < -0.4 is 5.32 Å². The van der Waals surface area contributed by atoms with Gasteiger partial charge in [-0.25, -0.2) is 0 Å². The lowest BCUT2D eigenvalue weighted by Gasteiger charge is -2.03. The van der Waals surface area contributed by atoms with E-state index in [0.29, 0.717) is 0 Å². The van der Waals surface area contributed by atoms with Gasteiger partial charge in [0.1, 0.15) is 0 Å². The van der Waals surface area contributed by atoms with Crippen molar-refractivity contribution in [1.82, 2.24) is 4.57 Å². The molecule has 1 N–H and O–H groups in total. The predicted octanol–water partition coefficient (Wildman–Crippen LogP) is 1.91. The van der Waals surface area contributed by atoms with E-state index < -0.39 is 0 Å². The standard InChI is InChI=1S/C10H16N2O/c1-7(2)10(13)9-5-8(11-3)6-12(9)4/h5-7,11H,1-4H3. The van der Waals surface area contributed by atoms with Crippen LogP contribution in [-0.2, 0) is 7.05 Å². The van der Waals surface area contributed by atoms with Crippen LogP contribution >= 0.6 is 0 Å². The van der Waals surface area contributed by atoms with Gasteiger partial charge >= 0.3 is 0 Å². The quantitative estimate of drug-likeness (QED) is 0.721. The first-order valence-corrected chi connectivity index (χ1v) is 4.44. The lowest BCUT2D eigenvalue weighted by Crippen LogP contribution is -2.11. The number of rotatable bonds is 3. The fraction of sp³-hybridized carbons (Fsp3) is 0.500. The SMILES string of the molecule is CNc1cc(C(=O)C(C)C)n(C)c1. The third kappa shape index (κ3) is 1.91. The maximum atomic E-state index is 11.6. The summed E-state index contributed by atoms with van der Waals surface area (Å²) in [5.74, 6) is 0.238. The molecule has 72 valence electrons. The number of carbonyl (C=O) groups is 1. The Kier molecular flexibility index (Phi) is 2.76. The van der Waals surface area contributed by atoms with Gasteiger partial charge in [-0.05, 0) is 6.07 Å². The first kappa shape index (κ1) is 9.84. The van der Waals surface area contributed by atoms with Gasteiger partial charge in [-0.1, -0.05) is 13.8 Å². The van der Waals surface area contributed by atoms with E-state index in [1.807, 2.05) is 44.8 Å². The van der Waals surface area contributed by atoms with Crippen molar-refractivity contribution in [2.45, 2.75) is 13.8 Å². The zero-order chi connectivity index (χ0) is 10.0. The van der Waals surface area contributed by atoms with Crippen molar-refractivity contribution >= 4 is 11.5 Å². The molecule has 0 amide bonds. The molecule has 0 bridgehead atoms. The van der Waals surface area contributed by atoms with Gasteiger partial charge < -0.3 is 9.88 Å². The Morgan fingerprint density at radius 2 is 2.15 bits per heavy atom. The van der Waals surface area contributed by atoms with Crippen molar-refractivity contribution in [1.29, 1.82) is 0 Å². The first-order valence-electron chi connectivity index (χ1n) is 4.44. The first-order chi connectivity index (χ1) is 6.06. The number of nitrogens with zero attached hydrogens (tertiary/aromatic N) is 1. The van der Waals surface area contributed by atoms with Crippen LogP contribution in [0.25, 0.3) is 0 Å². The van der Waals surface area contributed by atoms with Gasteiger partial charge in [0.15, 0.2) is 5.78 Å². The highest BCUT2D eigenvalue weighted by atomic mass is 16.1. The number of aryl methyl sites for hydroxylation is 1. The molecule has 3 heteroatoms. The Balaban J connectivity index is 3.00. The summed E-state index contributed by atoms with van der Waals surface area (Å²) in [6, 6.07) is 1.88. The van der Waals surface area contributed by atoms with Gasteiger partial charge in [-0.3, -0.25) is 4.79 Å². The molecule has 3 nitrogen and oxygen atoms in total. The molecule has 1 aromatic heterocycles. The molecular weight excluding hydrogens is 164 g/mol. The van der Waals surface area contributed by atoms with E-state index in [1.165, 1.54) is 0 Å². The smallest absolute Gasteiger partial charge is 0.181 e. The van der Waals surface area contributed by atoms with E-state index in [9.17, 15) is 4.79 Å². The number of aromatic nitrogens is 1. The molecule has 1 aromatic rings. The van der Waals surface area contributed by atoms with E-state index in [-0.39, 0.29) is 11.7 Å². The Bertz CT molecular complexity index is 313. The molecule has 0 aliphatic rings. The molecule has 0 spiro atoms. The topological polar surface area (TPSA) is 34.0 Å². The van der Waals surface area contributed by atoms with Crippen LogP contribution in [0, 0.1) is 5.92 Å². The highest BCUT2D eigenvalue weighted by Gasteiger charge is 2.14. The van der Waals surface area contributed by atoms with Crippen LogP contribution in [0.1, 0.15) is 24.3 Å².